The lowest BCUT2D eigenvalue weighted by Gasteiger charge is -2.21. The molecule has 0 aromatic carbocycles. The second kappa shape index (κ2) is 6.64. The van der Waals surface area contributed by atoms with Gasteiger partial charge in [-0.2, -0.15) is 0 Å². The Bertz CT molecular complexity index is 759. The molecular weight excluding hydrogens is 306 g/mol. The minimum absolute atomic E-state index is 0.265. The first-order chi connectivity index (χ1) is 11.4. The number of pyridine rings is 1. The SMILES string of the molecule is c1ccc(Cn2ccnc2-c2ccc(C3CCCCO3)s2)nc1. The quantitative estimate of drug-likeness (QED) is 0.718. The third-order valence-electron chi connectivity index (χ3n) is 4.12. The van der Waals surface area contributed by atoms with Gasteiger partial charge < -0.3 is 9.30 Å². The number of nitrogens with zero attached hydrogens (tertiary/aromatic N) is 3. The smallest absolute Gasteiger partial charge is 0.150 e. The molecule has 0 amide bonds. The van der Waals surface area contributed by atoms with Crippen LogP contribution in [0.4, 0.5) is 0 Å². The molecule has 1 aliphatic heterocycles. The number of rotatable bonds is 4. The molecule has 1 unspecified atom stereocenters. The van der Waals surface area contributed by atoms with Crippen molar-refractivity contribution in [2.24, 2.45) is 0 Å². The molecule has 0 spiro atoms. The second-order valence-corrected chi connectivity index (χ2v) is 6.87. The van der Waals surface area contributed by atoms with E-state index in [9.17, 15) is 0 Å². The molecule has 5 heteroatoms. The van der Waals surface area contributed by atoms with E-state index in [4.69, 9.17) is 4.74 Å². The predicted molar refractivity (Wildman–Crippen MR) is 91.4 cm³/mol. The van der Waals surface area contributed by atoms with Crippen molar-refractivity contribution in [1.29, 1.82) is 0 Å². The van der Waals surface area contributed by atoms with Crippen LogP contribution >= 0.6 is 11.3 Å². The summed E-state index contributed by atoms with van der Waals surface area (Å²) in [4.78, 5) is 11.4. The van der Waals surface area contributed by atoms with Gasteiger partial charge in [0.1, 0.15) is 5.82 Å². The zero-order chi connectivity index (χ0) is 15.5. The largest absolute Gasteiger partial charge is 0.373 e. The maximum Gasteiger partial charge on any atom is 0.150 e. The number of imidazole rings is 1. The van der Waals surface area contributed by atoms with E-state index in [2.05, 4.69) is 26.7 Å². The van der Waals surface area contributed by atoms with Crippen LogP contribution in [-0.2, 0) is 11.3 Å². The molecule has 4 heterocycles. The Labute approximate surface area is 139 Å². The molecule has 0 bridgehead atoms. The molecule has 1 fully saturated rings. The average molecular weight is 325 g/mol. The molecule has 1 saturated heterocycles. The van der Waals surface area contributed by atoms with Crippen LogP contribution in [0.15, 0.2) is 48.9 Å². The highest BCUT2D eigenvalue weighted by atomic mass is 32.1. The molecule has 0 radical (unpaired) electrons. The third kappa shape index (κ3) is 3.21. The van der Waals surface area contributed by atoms with E-state index in [1.165, 1.54) is 22.6 Å². The van der Waals surface area contributed by atoms with Gasteiger partial charge in [0.25, 0.3) is 0 Å². The molecule has 118 valence electrons. The molecule has 3 aromatic heterocycles. The summed E-state index contributed by atoms with van der Waals surface area (Å²) in [6.07, 6.45) is 9.53. The van der Waals surface area contributed by atoms with Crippen molar-refractivity contribution in [2.75, 3.05) is 6.61 Å². The predicted octanol–water partition coefficient (Wildman–Crippen LogP) is 4.30. The van der Waals surface area contributed by atoms with Crippen LogP contribution in [-0.4, -0.2) is 21.1 Å². The Morgan fingerprint density at radius 1 is 1.13 bits per heavy atom. The van der Waals surface area contributed by atoms with E-state index in [0.29, 0.717) is 0 Å². The molecular formula is C18H19N3OS. The third-order valence-corrected chi connectivity index (χ3v) is 5.29. The fourth-order valence-corrected chi connectivity index (χ4v) is 4.04. The molecule has 0 N–H and O–H groups in total. The second-order valence-electron chi connectivity index (χ2n) is 5.76. The first-order valence-corrected chi connectivity index (χ1v) is 8.84. The van der Waals surface area contributed by atoms with Crippen LogP contribution in [0.3, 0.4) is 0 Å². The van der Waals surface area contributed by atoms with E-state index >= 15 is 0 Å². The van der Waals surface area contributed by atoms with Crippen molar-refractivity contribution in [2.45, 2.75) is 31.9 Å². The lowest BCUT2D eigenvalue weighted by atomic mass is 10.1. The van der Waals surface area contributed by atoms with Crippen molar-refractivity contribution >= 4 is 11.3 Å². The summed E-state index contributed by atoms with van der Waals surface area (Å²) in [5.41, 5.74) is 1.04. The minimum Gasteiger partial charge on any atom is -0.373 e. The fourth-order valence-electron chi connectivity index (χ4n) is 2.94. The average Bonchev–Trinajstić information content (AvgIpc) is 3.25. The summed E-state index contributed by atoms with van der Waals surface area (Å²) in [6, 6.07) is 10.3. The number of thiophene rings is 1. The molecule has 4 nitrogen and oxygen atoms in total. The van der Waals surface area contributed by atoms with Gasteiger partial charge in [0.05, 0.1) is 23.2 Å². The van der Waals surface area contributed by atoms with Crippen LogP contribution < -0.4 is 0 Å². The number of ether oxygens (including phenoxy) is 1. The standard InChI is InChI=1S/C18H19N3OS/c1-3-9-19-14(5-1)13-21-11-10-20-18(21)17-8-7-16(23-17)15-6-2-4-12-22-15/h1,3,5,7-11,15H,2,4,6,12-13H2. The lowest BCUT2D eigenvalue weighted by Crippen LogP contribution is -2.09. The van der Waals surface area contributed by atoms with Gasteiger partial charge in [0, 0.05) is 30.1 Å². The molecule has 0 aliphatic carbocycles. The lowest BCUT2D eigenvalue weighted by molar-refractivity contribution is 0.0172. The van der Waals surface area contributed by atoms with Crippen LogP contribution in [0.1, 0.15) is 35.9 Å². The molecule has 3 aromatic rings. The van der Waals surface area contributed by atoms with Crippen molar-refractivity contribution in [1.82, 2.24) is 14.5 Å². The Morgan fingerprint density at radius 3 is 2.96 bits per heavy atom. The van der Waals surface area contributed by atoms with E-state index in [1.54, 1.807) is 11.3 Å². The topological polar surface area (TPSA) is 39.9 Å². The molecule has 1 aliphatic rings. The first-order valence-electron chi connectivity index (χ1n) is 8.03. The monoisotopic (exact) mass is 325 g/mol. The zero-order valence-corrected chi connectivity index (χ0v) is 13.7. The van der Waals surface area contributed by atoms with E-state index < -0.39 is 0 Å². The van der Waals surface area contributed by atoms with Gasteiger partial charge in [-0.05, 0) is 43.5 Å². The summed E-state index contributed by atoms with van der Waals surface area (Å²) in [7, 11) is 0. The first kappa shape index (κ1) is 14.6. The Kier molecular flexibility index (Phi) is 4.22. The summed E-state index contributed by atoms with van der Waals surface area (Å²) >= 11 is 1.79. The summed E-state index contributed by atoms with van der Waals surface area (Å²) in [6.45, 7) is 1.62. The van der Waals surface area contributed by atoms with Gasteiger partial charge in [-0.1, -0.05) is 6.07 Å². The number of hydrogen-bond donors (Lipinski definition) is 0. The highest BCUT2D eigenvalue weighted by Crippen LogP contribution is 2.36. The number of aromatic nitrogens is 3. The van der Waals surface area contributed by atoms with E-state index in [1.807, 2.05) is 36.8 Å². The minimum atomic E-state index is 0.265. The van der Waals surface area contributed by atoms with Crippen molar-refractivity contribution in [3.8, 4) is 10.7 Å². The molecule has 1 atom stereocenters. The number of hydrogen-bond acceptors (Lipinski definition) is 4. The van der Waals surface area contributed by atoms with Gasteiger partial charge >= 0.3 is 0 Å². The van der Waals surface area contributed by atoms with Crippen LogP contribution in [0.25, 0.3) is 10.7 Å². The van der Waals surface area contributed by atoms with Gasteiger partial charge in [0.2, 0.25) is 0 Å². The van der Waals surface area contributed by atoms with Gasteiger partial charge in [-0.3, -0.25) is 4.98 Å². The molecule has 4 rings (SSSR count). The Hall–Kier alpha value is -1.98. The van der Waals surface area contributed by atoms with Crippen molar-refractivity contribution in [3.05, 3.63) is 59.5 Å². The maximum atomic E-state index is 5.89. The Balaban J connectivity index is 1.57. The van der Waals surface area contributed by atoms with Gasteiger partial charge in [0.15, 0.2) is 0 Å². The Morgan fingerprint density at radius 2 is 2.13 bits per heavy atom. The van der Waals surface area contributed by atoms with Crippen LogP contribution in [0, 0.1) is 0 Å². The summed E-state index contributed by atoms with van der Waals surface area (Å²) < 4.78 is 8.05. The van der Waals surface area contributed by atoms with Crippen molar-refractivity contribution in [3.63, 3.8) is 0 Å². The normalized spacial score (nSPS) is 18.2. The van der Waals surface area contributed by atoms with Gasteiger partial charge in [-0.15, -0.1) is 11.3 Å². The van der Waals surface area contributed by atoms with Crippen LogP contribution in [0.2, 0.25) is 0 Å². The van der Waals surface area contributed by atoms with Crippen molar-refractivity contribution < 1.29 is 4.74 Å². The zero-order valence-electron chi connectivity index (χ0n) is 12.9. The van der Waals surface area contributed by atoms with E-state index in [0.717, 1.165) is 31.1 Å². The highest BCUT2D eigenvalue weighted by molar-refractivity contribution is 7.15. The molecule has 0 saturated carbocycles. The fraction of sp³-hybridized carbons (Fsp3) is 0.333. The van der Waals surface area contributed by atoms with Gasteiger partial charge in [-0.25, -0.2) is 4.98 Å². The van der Waals surface area contributed by atoms with Crippen LogP contribution in [0.5, 0.6) is 0 Å². The van der Waals surface area contributed by atoms with E-state index in [-0.39, 0.29) is 6.10 Å². The summed E-state index contributed by atoms with van der Waals surface area (Å²) in [5, 5.41) is 0. The summed E-state index contributed by atoms with van der Waals surface area (Å²) in [5.74, 6) is 1.00. The molecule has 23 heavy (non-hydrogen) atoms. The maximum absolute atomic E-state index is 5.89. The highest BCUT2D eigenvalue weighted by Gasteiger charge is 2.19.